The quantitative estimate of drug-likeness (QED) is 0.255. The molecule has 0 saturated carbocycles. The highest BCUT2D eigenvalue weighted by molar-refractivity contribution is 7.15. The standard InChI is InChI=1S/C26H23N3O5S/c1-3-4-13-33-18-11-9-16(10-12-18)22-21(23(30)20-14-17-7-5-6-8-19(17)34-20)24(31)25(32)29(22)26-28-27-15(2)35-26/h5-12,14,22,31H,3-4,13H2,1-2H3. The molecule has 0 saturated heterocycles. The Balaban J connectivity index is 1.57. The minimum Gasteiger partial charge on any atom is -0.503 e. The van der Waals surface area contributed by atoms with E-state index in [2.05, 4.69) is 17.1 Å². The lowest BCUT2D eigenvalue weighted by molar-refractivity contribution is -0.117. The van der Waals surface area contributed by atoms with E-state index in [0.717, 1.165) is 18.2 Å². The summed E-state index contributed by atoms with van der Waals surface area (Å²) in [5, 5.41) is 20.7. The van der Waals surface area contributed by atoms with Gasteiger partial charge in [-0.2, -0.15) is 0 Å². The van der Waals surface area contributed by atoms with Gasteiger partial charge >= 0.3 is 0 Å². The highest BCUT2D eigenvalue weighted by Crippen LogP contribution is 2.43. The third kappa shape index (κ3) is 4.19. The molecule has 1 aliphatic rings. The number of aryl methyl sites for hydroxylation is 1. The van der Waals surface area contributed by atoms with Crippen LogP contribution in [-0.2, 0) is 4.79 Å². The van der Waals surface area contributed by atoms with Gasteiger partial charge in [0.2, 0.25) is 10.9 Å². The molecule has 1 atom stereocenters. The number of aliphatic hydroxyl groups excluding tert-OH is 1. The number of unbranched alkanes of at least 4 members (excludes halogenated alkanes) is 1. The largest absolute Gasteiger partial charge is 0.503 e. The summed E-state index contributed by atoms with van der Waals surface area (Å²) in [6.07, 6.45) is 1.96. The Hall–Kier alpha value is -3.98. The van der Waals surface area contributed by atoms with E-state index >= 15 is 0 Å². The smallest absolute Gasteiger partial charge is 0.296 e. The normalized spacial score (nSPS) is 15.9. The van der Waals surface area contributed by atoms with Crippen LogP contribution in [0.5, 0.6) is 5.75 Å². The summed E-state index contributed by atoms with van der Waals surface area (Å²) in [5.74, 6) is -1.18. The Morgan fingerprint density at radius 2 is 1.94 bits per heavy atom. The number of amides is 1. The number of furan rings is 1. The number of aromatic nitrogens is 2. The first-order valence-corrected chi connectivity index (χ1v) is 12.1. The SMILES string of the molecule is CCCCOc1ccc(C2C(C(=O)c3cc4ccccc4o3)=C(O)C(=O)N2c2nnc(C)s2)cc1. The molecule has 1 amide bonds. The molecule has 0 spiro atoms. The van der Waals surface area contributed by atoms with Gasteiger partial charge in [-0.3, -0.25) is 14.5 Å². The highest BCUT2D eigenvalue weighted by atomic mass is 32.1. The maximum atomic E-state index is 13.6. The molecular formula is C26H23N3O5S. The molecule has 35 heavy (non-hydrogen) atoms. The predicted octanol–water partition coefficient (Wildman–Crippen LogP) is 5.55. The average molecular weight is 490 g/mol. The zero-order valence-corrected chi connectivity index (χ0v) is 20.0. The molecule has 2 aromatic carbocycles. The first-order valence-electron chi connectivity index (χ1n) is 11.3. The monoisotopic (exact) mass is 489 g/mol. The lowest BCUT2D eigenvalue weighted by Gasteiger charge is -2.24. The number of benzene rings is 2. The van der Waals surface area contributed by atoms with Gasteiger partial charge in [0.25, 0.3) is 5.91 Å². The predicted molar refractivity (Wildman–Crippen MR) is 132 cm³/mol. The number of rotatable bonds is 8. The van der Waals surface area contributed by atoms with Gasteiger partial charge in [0.05, 0.1) is 18.2 Å². The van der Waals surface area contributed by atoms with Gasteiger partial charge in [-0.15, -0.1) is 10.2 Å². The lowest BCUT2D eigenvalue weighted by atomic mass is 9.95. The fourth-order valence-electron chi connectivity index (χ4n) is 4.04. The molecule has 0 aliphatic carbocycles. The number of para-hydroxylation sites is 1. The summed E-state index contributed by atoms with van der Waals surface area (Å²) in [5.41, 5.74) is 1.10. The van der Waals surface area contributed by atoms with Gasteiger partial charge < -0.3 is 14.3 Å². The molecular weight excluding hydrogens is 466 g/mol. The molecule has 5 rings (SSSR count). The van der Waals surface area contributed by atoms with Gasteiger partial charge in [-0.1, -0.05) is 55.0 Å². The Labute approximate surface area is 205 Å². The summed E-state index contributed by atoms with van der Waals surface area (Å²) < 4.78 is 11.5. The Morgan fingerprint density at radius 1 is 1.17 bits per heavy atom. The van der Waals surface area contributed by atoms with Gasteiger partial charge in [-0.25, -0.2) is 0 Å². The molecule has 1 aliphatic heterocycles. The second-order valence-electron chi connectivity index (χ2n) is 8.19. The molecule has 1 N–H and O–H groups in total. The van der Waals surface area contributed by atoms with Crippen LogP contribution in [0.3, 0.4) is 0 Å². The van der Waals surface area contributed by atoms with Crippen LogP contribution >= 0.6 is 11.3 Å². The van der Waals surface area contributed by atoms with Crippen LogP contribution in [0, 0.1) is 6.92 Å². The summed E-state index contributed by atoms with van der Waals surface area (Å²) in [4.78, 5) is 28.1. The number of fused-ring (bicyclic) bond motifs is 1. The molecule has 0 bridgehead atoms. The van der Waals surface area contributed by atoms with Gasteiger partial charge in [0.1, 0.15) is 16.3 Å². The van der Waals surface area contributed by atoms with Crippen LogP contribution in [0.4, 0.5) is 5.13 Å². The lowest BCUT2D eigenvalue weighted by Crippen LogP contribution is -2.31. The average Bonchev–Trinajstić information content (AvgIpc) is 3.55. The maximum absolute atomic E-state index is 13.6. The van der Waals surface area contributed by atoms with E-state index in [1.807, 2.05) is 18.2 Å². The first-order chi connectivity index (χ1) is 17.0. The summed E-state index contributed by atoms with van der Waals surface area (Å²) in [6, 6.07) is 15.1. The van der Waals surface area contributed by atoms with Crippen molar-refractivity contribution in [1.29, 1.82) is 0 Å². The molecule has 4 aromatic rings. The van der Waals surface area contributed by atoms with Crippen molar-refractivity contribution in [2.45, 2.75) is 32.7 Å². The van der Waals surface area contributed by atoms with E-state index in [1.54, 1.807) is 43.3 Å². The third-order valence-corrected chi connectivity index (χ3v) is 6.62. The second kappa shape index (κ2) is 9.34. The molecule has 2 aromatic heterocycles. The number of carbonyl (C=O) groups is 2. The Morgan fingerprint density at radius 3 is 2.63 bits per heavy atom. The second-order valence-corrected chi connectivity index (χ2v) is 9.35. The summed E-state index contributed by atoms with van der Waals surface area (Å²) in [7, 11) is 0. The zero-order chi connectivity index (χ0) is 24.5. The van der Waals surface area contributed by atoms with E-state index in [0.29, 0.717) is 33.6 Å². The van der Waals surface area contributed by atoms with Crippen molar-refractivity contribution < 1.29 is 23.8 Å². The third-order valence-electron chi connectivity index (χ3n) is 5.79. The van der Waals surface area contributed by atoms with Crippen LogP contribution in [0.1, 0.15) is 46.9 Å². The molecule has 178 valence electrons. The fraction of sp³-hybridized carbons (Fsp3) is 0.231. The fourth-order valence-corrected chi connectivity index (χ4v) is 4.75. The highest BCUT2D eigenvalue weighted by Gasteiger charge is 2.46. The van der Waals surface area contributed by atoms with Gasteiger partial charge in [0.15, 0.2) is 11.5 Å². The molecule has 0 fully saturated rings. The van der Waals surface area contributed by atoms with E-state index in [1.165, 1.54) is 16.2 Å². The molecule has 0 radical (unpaired) electrons. The Bertz CT molecular complexity index is 1400. The van der Waals surface area contributed by atoms with Crippen LogP contribution in [0.15, 0.2) is 70.3 Å². The number of anilines is 1. The van der Waals surface area contributed by atoms with Crippen molar-refractivity contribution >= 4 is 39.1 Å². The Kier molecular flexibility index (Phi) is 6.08. The van der Waals surface area contributed by atoms with Crippen molar-refractivity contribution in [3.05, 3.63) is 82.3 Å². The topological polar surface area (TPSA) is 106 Å². The van der Waals surface area contributed by atoms with Crippen molar-refractivity contribution in [2.24, 2.45) is 0 Å². The van der Waals surface area contributed by atoms with Crippen LogP contribution in [0.2, 0.25) is 0 Å². The molecule has 1 unspecified atom stereocenters. The number of ketones is 1. The molecule has 8 nitrogen and oxygen atoms in total. The van der Waals surface area contributed by atoms with Gasteiger partial charge in [0, 0.05) is 5.39 Å². The molecule has 9 heteroatoms. The molecule has 3 heterocycles. The van der Waals surface area contributed by atoms with E-state index in [9.17, 15) is 14.7 Å². The van der Waals surface area contributed by atoms with Crippen molar-refractivity contribution in [3.63, 3.8) is 0 Å². The van der Waals surface area contributed by atoms with E-state index in [4.69, 9.17) is 9.15 Å². The van der Waals surface area contributed by atoms with Crippen LogP contribution in [-0.4, -0.2) is 33.6 Å². The van der Waals surface area contributed by atoms with Gasteiger partial charge in [-0.05, 0) is 43.2 Å². The minimum absolute atomic E-state index is 0.0420. The summed E-state index contributed by atoms with van der Waals surface area (Å²) in [6.45, 7) is 4.46. The first kappa shape index (κ1) is 22.8. The number of ether oxygens (including phenoxy) is 1. The number of Topliss-reactive ketones (excluding diaryl/α,β-unsaturated/α-hetero) is 1. The number of carbonyl (C=O) groups excluding carboxylic acids is 2. The number of nitrogens with zero attached hydrogens (tertiary/aromatic N) is 3. The van der Waals surface area contributed by atoms with E-state index in [-0.39, 0.29) is 11.3 Å². The van der Waals surface area contributed by atoms with Crippen molar-refractivity contribution in [2.75, 3.05) is 11.5 Å². The van der Waals surface area contributed by atoms with E-state index < -0.39 is 23.5 Å². The summed E-state index contributed by atoms with van der Waals surface area (Å²) >= 11 is 1.20. The number of hydrogen-bond acceptors (Lipinski definition) is 8. The van der Waals surface area contributed by atoms with Crippen LogP contribution < -0.4 is 9.64 Å². The van der Waals surface area contributed by atoms with Crippen molar-refractivity contribution in [3.8, 4) is 5.75 Å². The zero-order valence-electron chi connectivity index (χ0n) is 19.2. The minimum atomic E-state index is -0.903. The van der Waals surface area contributed by atoms with Crippen molar-refractivity contribution in [1.82, 2.24) is 10.2 Å². The van der Waals surface area contributed by atoms with Crippen LogP contribution in [0.25, 0.3) is 11.0 Å². The maximum Gasteiger partial charge on any atom is 0.296 e. The number of hydrogen-bond donors (Lipinski definition) is 1. The number of aliphatic hydroxyl groups is 1.